The second-order valence-corrected chi connectivity index (χ2v) is 4.92. The molecule has 0 unspecified atom stereocenters. The molecule has 2 aromatic heterocycles. The number of nitrogens with two attached hydrogens (primary N) is 1. The molecule has 0 aliphatic heterocycles. The molecule has 26 heavy (non-hydrogen) atoms. The number of nitro groups is 1. The summed E-state index contributed by atoms with van der Waals surface area (Å²) in [7, 11) is 0. The summed E-state index contributed by atoms with van der Waals surface area (Å²) in [6.45, 7) is 1.56. The Bertz CT molecular complexity index is 1010. The minimum atomic E-state index is -0.668. The third-order valence-electron chi connectivity index (χ3n) is 3.31. The molecule has 0 saturated heterocycles. The second kappa shape index (κ2) is 6.76. The van der Waals surface area contributed by atoms with Gasteiger partial charge in [0.2, 0.25) is 11.6 Å². The molecule has 132 valence electrons. The third kappa shape index (κ3) is 3.08. The van der Waals surface area contributed by atoms with E-state index >= 15 is 0 Å². The Balaban J connectivity index is 1.77. The lowest BCUT2D eigenvalue weighted by Gasteiger charge is -1.99. The van der Waals surface area contributed by atoms with Crippen LogP contribution >= 0.6 is 0 Å². The molecular formula is C13H11N9O4. The number of nitro benzene ring substituents is 1. The van der Waals surface area contributed by atoms with Crippen LogP contribution in [0.3, 0.4) is 0 Å². The van der Waals surface area contributed by atoms with Crippen molar-refractivity contribution in [2.75, 3.05) is 5.73 Å². The van der Waals surface area contributed by atoms with E-state index in [9.17, 15) is 14.9 Å². The molecule has 13 nitrogen and oxygen atoms in total. The highest BCUT2D eigenvalue weighted by Crippen LogP contribution is 2.16. The van der Waals surface area contributed by atoms with Gasteiger partial charge in [-0.05, 0) is 23.3 Å². The number of anilines is 1. The van der Waals surface area contributed by atoms with E-state index in [4.69, 9.17) is 5.73 Å². The van der Waals surface area contributed by atoms with Gasteiger partial charge in [0.15, 0.2) is 5.69 Å². The Morgan fingerprint density at radius 1 is 1.42 bits per heavy atom. The van der Waals surface area contributed by atoms with Crippen molar-refractivity contribution < 1.29 is 14.3 Å². The minimum Gasteiger partial charge on any atom is -0.378 e. The minimum absolute atomic E-state index is 0.0145. The summed E-state index contributed by atoms with van der Waals surface area (Å²) >= 11 is 0. The fourth-order valence-corrected chi connectivity index (χ4v) is 2.05. The molecule has 1 amide bonds. The topological polar surface area (TPSA) is 180 Å². The SMILES string of the molecule is Cc1c(C(=O)N/N=C/c2ccccc2[N+](=O)[O-])nnn1-c1nonc1N. The van der Waals surface area contributed by atoms with Crippen molar-refractivity contribution in [3.8, 4) is 5.82 Å². The van der Waals surface area contributed by atoms with Crippen LogP contribution in [0.15, 0.2) is 34.0 Å². The largest absolute Gasteiger partial charge is 0.378 e. The van der Waals surface area contributed by atoms with Gasteiger partial charge < -0.3 is 5.73 Å². The molecule has 1 aromatic carbocycles. The van der Waals surface area contributed by atoms with Gasteiger partial charge in [-0.3, -0.25) is 14.9 Å². The number of amides is 1. The molecule has 2 heterocycles. The monoisotopic (exact) mass is 357 g/mol. The first kappa shape index (κ1) is 16.7. The first-order valence-electron chi connectivity index (χ1n) is 7.06. The maximum atomic E-state index is 12.2. The zero-order valence-corrected chi connectivity index (χ0v) is 13.2. The van der Waals surface area contributed by atoms with Crippen LogP contribution in [-0.2, 0) is 0 Å². The van der Waals surface area contributed by atoms with Gasteiger partial charge in [-0.2, -0.15) is 9.78 Å². The van der Waals surface area contributed by atoms with Gasteiger partial charge in [-0.25, -0.2) is 10.1 Å². The van der Waals surface area contributed by atoms with Crippen molar-refractivity contribution in [1.82, 2.24) is 30.7 Å². The first-order valence-corrected chi connectivity index (χ1v) is 7.06. The number of hydrogen-bond acceptors (Lipinski definition) is 10. The number of hydrazone groups is 1. The molecule has 3 rings (SSSR count). The predicted octanol–water partition coefficient (Wildman–Crippen LogP) is 0.213. The van der Waals surface area contributed by atoms with Crippen molar-refractivity contribution in [3.05, 3.63) is 51.3 Å². The third-order valence-corrected chi connectivity index (χ3v) is 3.31. The summed E-state index contributed by atoms with van der Waals surface area (Å²) in [5, 5.41) is 29.1. The average molecular weight is 357 g/mol. The highest BCUT2D eigenvalue weighted by molar-refractivity contribution is 5.94. The van der Waals surface area contributed by atoms with E-state index < -0.39 is 10.8 Å². The number of hydrogen-bond donors (Lipinski definition) is 2. The van der Waals surface area contributed by atoms with Crippen molar-refractivity contribution in [3.63, 3.8) is 0 Å². The summed E-state index contributed by atoms with van der Waals surface area (Å²) in [6, 6.07) is 5.97. The molecule has 0 aliphatic rings. The summed E-state index contributed by atoms with van der Waals surface area (Å²) in [5.41, 5.74) is 8.19. The van der Waals surface area contributed by atoms with E-state index in [1.54, 1.807) is 13.0 Å². The van der Waals surface area contributed by atoms with Crippen LogP contribution in [0.25, 0.3) is 5.82 Å². The number of benzene rings is 1. The van der Waals surface area contributed by atoms with E-state index in [-0.39, 0.29) is 28.6 Å². The molecule has 13 heteroatoms. The van der Waals surface area contributed by atoms with Crippen LogP contribution in [0.4, 0.5) is 11.5 Å². The van der Waals surface area contributed by atoms with Gasteiger partial charge in [0.1, 0.15) is 0 Å². The number of nitrogens with zero attached hydrogens (tertiary/aromatic N) is 7. The number of nitrogen functional groups attached to an aromatic ring is 1. The number of aromatic nitrogens is 5. The lowest BCUT2D eigenvalue weighted by Crippen LogP contribution is -2.19. The van der Waals surface area contributed by atoms with Crippen LogP contribution in [0, 0.1) is 17.0 Å². The molecule has 0 aliphatic carbocycles. The smallest absolute Gasteiger partial charge is 0.293 e. The molecule has 0 bridgehead atoms. The maximum absolute atomic E-state index is 12.2. The standard InChI is InChI=1S/C13H11N9O4/c1-7-10(16-20-21(7)12-11(14)18-26-19-12)13(23)17-15-6-8-4-2-3-5-9(8)22(24)25/h2-6H,1H3,(H2,14,18)(H,17,23)/b15-6+. The quantitative estimate of drug-likeness (QED) is 0.366. The zero-order chi connectivity index (χ0) is 18.7. The molecule has 0 saturated carbocycles. The number of carbonyl (C=O) groups excluding carboxylic acids is 1. The molecular weight excluding hydrogens is 346 g/mol. The molecule has 3 N–H and O–H groups in total. The van der Waals surface area contributed by atoms with E-state index in [0.29, 0.717) is 5.69 Å². The fraction of sp³-hybridized carbons (Fsp3) is 0.0769. The Morgan fingerprint density at radius 3 is 2.88 bits per heavy atom. The van der Waals surface area contributed by atoms with E-state index in [1.807, 2.05) is 0 Å². The summed E-state index contributed by atoms with van der Waals surface area (Å²) < 4.78 is 5.66. The second-order valence-electron chi connectivity index (χ2n) is 4.92. The maximum Gasteiger partial charge on any atom is 0.293 e. The molecule has 0 radical (unpaired) electrons. The van der Waals surface area contributed by atoms with Crippen molar-refractivity contribution in [2.24, 2.45) is 5.10 Å². The fourth-order valence-electron chi connectivity index (χ4n) is 2.05. The summed E-state index contributed by atoms with van der Waals surface area (Å²) in [5.74, 6) is -0.588. The highest BCUT2D eigenvalue weighted by Gasteiger charge is 2.20. The van der Waals surface area contributed by atoms with Crippen molar-refractivity contribution in [1.29, 1.82) is 0 Å². The lowest BCUT2D eigenvalue weighted by atomic mass is 10.2. The van der Waals surface area contributed by atoms with E-state index in [1.165, 1.54) is 22.9 Å². The highest BCUT2D eigenvalue weighted by atomic mass is 16.6. The Morgan fingerprint density at radius 2 is 2.19 bits per heavy atom. The summed E-state index contributed by atoms with van der Waals surface area (Å²) in [4.78, 5) is 22.6. The number of para-hydroxylation sites is 1. The van der Waals surface area contributed by atoms with E-state index in [2.05, 4.69) is 35.8 Å². The Labute approximate surface area is 144 Å². The van der Waals surface area contributed by atoms with Crippen LogP contribution in [0.2, 0.25) is 0 Å². The number of rotatable bonds is 5. The van der Waals surface area contributed by atoms with Crippen molar-refractivity contribution in [2.45, 2.75) is 6.92 Å². The lowest BCUT2D eigenvalue weighted by molar-refractivity contribution is -0.385. The number of carbonyl (C=O) groups is 1. The van der Waals surface area contributed by atoms with Crippen LogP contribution in [0.5, 0.6) is 0 Å². The van der Waals surface area contributed by atoms with Gasteiger partial charge in [0.05, 0.1) is 22.4 Å². The average Bonchev–Trinajstić information content (AvgIpc) is 3.20. The molecule has 0 spiro atoms. The molecule has 0 atom stereocenters. The zero-order valence-electron chi connectivity index (χ0n) is 13.2. The Kier molecular flexibility index (Phi) is 4.34. The van der Waals surface area contributed by atoms with Crippen molar-refractivity contribution >= 4 is 23.6 Å². The van der Waals surface area contributed by atoms with Crippen LogP contribution in [0.1, 0.15) is 21.7 Å². The van der Waals surface area contributed by atoms with Gasteiger partial charge >= 0.3 is 0 Å². The first-order chi connectivity index (χ1) is 12.5. The summed E-state index contributed by atoms with van der Waals surface area (Å²) in [6.07, 6.45) is 1.16. The van der Waals surface area contributed by atoms with Crippen LogP contribution in [-0.4, -0.2) is 42.4 Å². The Hall–Kier alpha value is -4.16. The predicted molar refractivity (Wildman–Crippen MR) is 86.5 cm³/mol. The van der Waals surface area contributed by atoms with Gasteiger partial charge in [0, 0.05) is 6.07 Å². The normalized spacial score (nSPS) is 11.0. The molecule has 0 fully saturated rings. The van der Waals surface area contributed by atoms with Crippen LogP contribution < -0.4 is 11.2 Å². The van der Waals surface area contributed by atoms with Gasteiger partial charge in [-0.15, -0.1) is 5.10 Å². The molecule has 3 aromatic rings. The van der Waals surface area contributed by atoms with Gasteiger partial charge in [0.25, 0.3) is 11.6 Å². The van der Waals surface area contributed by atoms with Gasteiger partial charge in [-0.1, -0.05) is 17.3 Å². The number of nitrogens with one attached hydrogen (secondary N) is 1. The van der Waals surface area contributed by atoms with E-state index in [0.717, 1.165) is 6.21 Å².